The van der Waals surface area contributed by atoms with E-state index in [9.17, 15) is 20.2 Å². The molecule has 12 heteroatoms. The van der Waals surface area contributed by atoms with Gasteiger partial charge >= 0.3 is 0 Å². The summed E-state index contributed by atoms with van der Waals surface area (Å²) >= 11 is 0. The Bertz CT molecular complexity index is 699. The van der Waals surface area contributed by atoms with Gasteiger partial charge in [0.15, 0.2) is 0 Å². The number of quaternary nitrogens is 1. The van der Waals surface area contributed by atoms with Crippen LogP contribution in [0.4, 0.5) is 22.7 Å². The number of nitro groups is 2. The number of halogens is 1. The number of anilines is 2. The molecule has 164 valence electrons. The number of aliphatic hydroxyl groups excluding tert-OH is 1. The first kappa shape index (κ1) is 24.8. The zero-order valence-corrected chi connectivity index (χ0v) is 17.2. The van der Waals surface area contributed by atoms with E-state index >= 15 is 0 Å². The predicted octanol–water partition coefficient (Wildman–Crippen LogP) is -2.67. The van der Waals surface area contributed by atoms with Crippen LogP contribution in [-0.4, -0.2) is 67.5 Å². The molecule has 2 rings (SSSR count). The number of nitrogens with zero attached hydrogens (tertiary/aromatic N) is 2. The van der Waals surface area contributed by atoms with Crippen molar-refractivity contribution < 1.29 is 37.0 Å². The summed E-state index contributed by atoms with van der Waals surface area (Å²) in [6.07, 6.45) is 1.23. The fourth-order valence-electron chi connectivity index (χ4n) is 3.27. The van der Waals surface area contributed by atoms with Crippen molar-refractivity contribution in [1.29, 1.82) is 0 Å². The van der Waals surface area contributed by atoms with E-state index < -0.39 is 9.85 Å². The lowest BCUT2D eigenvalue weighted by atomic mass is 10.1. The molecule has 1 aliphatic heterocycles. The molecule has 1 aliphatic rings. The van der Waals surface area contributed by atoms with E-state index in [4.69, 9.17) is 9.84 Å². The van der Waals surface area contributed by atoms with Gasteiger partial charge in [0.1, 0.15) is 24.5 Å². The molecule has 0 atom stereocenters. The fraction of sp³-hybridized carbons (Fsp3) is 0.647. The molecule has 0 unspecified atom stereocenters. The van der Waals surface area contributed by atoms with Gasteiger partial charge in [0.05, 0.1) is 35.7 Å². The summed E-state index contributed by atoms with van der Waals surface area (Å²) in [6, 6.07) is 0.990. The van der Waals surface area contributed by atoms with Gasteiger partial charge in [0.2, 0.25) is 0 Å². The molecular formula is C17H28ClN5O6. The number of hydrogen-bond donors (Lipinski definition) is 4. The third-order valence-corrected chi connectivity index (χ3v) is 4.77. The maximum atomic E-state index is 11.5. The molecule has 4 N–H and O–H groups in total. The largest absolute Gasteiger partial charge is 1.00 e. The molecule has 1 saturated heterocycles. The highest BCUT2D eigenvalue weighted by atomic mass is 35.5. The van der Waals surface area contributed by atoms with Crippen LogP contribution in [0.2, 0.25) is 0 Å². The lowest BCUT2D eigenvalue weighted by Crippen LogP contribution is -3.14. The van der Waals surface area contributed by atoms with Gasteiger partial charge < -0.3 is 37.8 Å². The zero-order chi connectivity index (χ0) is 20.5. The Labute approximate surface area is 175 Å². The van der Waals surface area contributed by atoms with Crippen LogP contribution in [0.1, 0.15) is 18.4 Å². The van der Waals surface area contributed by atoms with Gasteiger partial charge in [0.25, 0.3) is 11.4 Å². The summed E-state index contributed by atoms with van der Waals surface area (Å²) in [6.45, 7) is 6.76. The lowest BCUT2D eigenvalue weighted by Gasteiger charge is -2.23. The molecule has 1 aromatic carbocycles. The lowest BCUT2D eigenvalue weighted by molar-refractivity contribution is -0.908. The Hall–Kier alpha value is -2.21. The highest BCUT2D eigenvalue weighted by Gasteiger charge is 2.28. The second-order valence-corrected chi connectivity index (χ2v) is 6.70. The highest BCUT2D eigenvalue weighted by molar-refractivity contribution is 5.82. The van der Waals surface area contributed by atoms with E-state index in [1.54, 1.807) is 6.92 Å². The number of rotatable bonds is 11. The summed E-state index contributed by atoms with van der Waals surface area (Å²) in [5.74, 6) is 0. The Balaban J connectivity index is 0.00000420. The Morgan fingerprint density at radius 3 is 2.07 bits per heavy atom. The van der Waals surface area contributed by atoms with Gasteiger partial charge in [-0.2, -0.15) is 0 Å². The second kappa shape index (κ2) is 12.4. The SMILES string of the molecule is Cc1c(NCCCO)c([N+](=O)[O-])cc([N+](=O)[O-])c1NCCC[NH+]1CCOCC1.[Cl-]. The molecule has 11 nitrogen and oxygen atoms in total. The molecule has 0 aliphatic carbocycles. The van der Waals surface area contributed by atoms with E-state index in [1.165, 1.54) is 4.90 Å². The van der Waals surface area contributed by atoms with Crippen LogP contribution in [0, 0.1) is 27.2 Å². The fourth-order valence-corrected chi connectivity index (χ4v) is 3.27. The first-order chi connectivity index (χ1) is 13.5. The molecule has 0 spiro atoms. The smallest absolute Gasteiger partial charge is 0.299 e. The molecule has 0 amide bonds. The molecule has 0 saturated carbocycles. The standard InChI is InChI=1S/C17H27N5O6.ClH/c1-13-16(18-4-2-6-20-7-10-28-11-8-20)14(21(24)25)12-15(22(26)27)17(13)19-5-3-9-23;/h12,18-19,23H,2-11H2,1H3;1H. The van der Waals surface area contributed by atoms with Crippen molar-refractivity contribution in [2.75, 3.05) is 63.2 Å². The van der Waals surface area contributed by atoms with E-state index in [2.05, 4.69) is 10.6 Å². The van der Waals surface area contributed by atoms with E-state index in [0.717, 1.165) is 45.3 Å². The van der Waals surface area contributed by atoms with Gasteiger partial charge in [-0.05, 0) is 13.3 Å². The van der Waals surface area contributed by atoms with E-state index in [-0.39, 0.29) is 36.1 Å². The summed E-state index contributed by atoms with van der Waals surface area (Å²) < 4.78 is 5.33. The van der Waals surface area contributed by atoms with Crippen LogP contribution in [0.25, 0.3) is 0 Å². The third-order valence-electron chi connectivity index (χ3n) is 4.77. The van der Waals surface area contributed by atoms with Crippen molar-refractivity contribution in [2.24, 2.45) is 0 Å². The number of hydrogen-bond acceptors (Lipinski definition) is 8. The number of aliphatic hydroxyl groups is 1. The van der Waals surface area contributed by atoms with Crippen LogP contribution in [0.3, 0.4) is 0 Å². The third kappa shape index (κ3) is 6.96. The molecule has 0 bridgehead atoms. The number of morpholine rings is 1. The van der Waals surface area contributed by atoms with E-state index in [0.29, 0.717) is 30.8 Å². The minimum absolute atomic E-state index is 0. The van der Waals surface area contributed by atoms with Crippen molar-refractivity contribution in [1.82, 2.24) is 0 Å². The van der Waals surface area contributed by atoms with Crippen molar-refractivity contribution in [3.63, 3.8) is 0 Å². The average Bonchev–Trinajstić information content (AvgIpc) is 2.67. The number of benzene rings is 1. The second-order valence-electron chi connectivity index (χ2n) is 6.70. The maximum absolute atomic E-state index is 11.5. The van der Waals surface area contributed by atoms with Gasteiger partial charge in [-0.3, -0.25) is 20.2 Å². The minimum Gasteiger partial charge on any atom is -1.00 e. The Kier molecular flexibility index (Phi) is 10.6. The normalized spacial score (nSPS) is 14.1. The topological polar surface area (TPSA) is 144 Å². The Morgan fingerprint density at radius 2 is 1.59 bits per heavy atom. The van der Waals surface area contributed by atoms with Crippen molar-refractivity contribution >= 4 is 22.7 Å². The molecule has 1 fully saturated rings. The summed E-state index contributed by atoms with van der Waals surface area (Å²) in [5.41, 5.74) is 0.308. The van der Waals surface area contributed by atoms with Crippen LogP contribution < -0.4 is 27.9 Å². The van der Waals surface area contributed by atoms with Gasteiger partial charge in [-0.25, -0.2) is 0 Å². The molecule has 1 aromatic rings. The first-order valence-electron chi connectivity index (χ1n) is 9.42. The predicted molar refractivity (Wildman–Crippen MR) is 104 cm³/mol. The number of nitrogens with one attached hydrogen (secondary N) is 3. The average molecular weight is 434 g/mol. The zero-order valence-electron chi connectivity index (χ0n) is 16.4. The summed E-state index contributed by atoms with van der Waals surface area (Å²) in [4.78, 5) is 23.1. The maximum Gasteiger partial charge on any atom is 0.299 e. The van der Waals surface area contributed by atoms with Crippen LogP contribution in [0.5, 0.6) is 0 Å². The van der Waals surface area contributed by atoms with Crippen molar-refractivity contribution in [3.8, 4) is 0 Å². The van der Waals surface area contributed by atoms with Gasteiger partial charge in [0, 0.05) is 31.7 Å². The monoisotopic (exact) mass is 433 g/mol. The quantitative estimate of drug-likeness (QED) is 0.168. The number of ether oxygens (including phenoxy) is 1. The number of nitro benzene ring substituents is 2. The first-order valence-corrected chi connectivity index (χ1v) is 9.42. The minimum atomic E-state index is -0.632. The molecule has 0 aromatic heterocycles. The summed E-state index contributed by atoms with van der Waals surface area (Å²) in [5, 5.41) is 37.8. The molecule has 29 heavy (non-hydrogen) atoms. The van der Waals surface area contributed by atoms with Gasteiger partial charge in [-0.1, -0.05) is 0 Å². The molecular weight excluding hydrogens is 406 g/mol. The highest BCUT2D eigenvalue weighted by Crippen LogP contribution is 2.40. The van der Waals surface area contributed by atoms with Crippen molar-refractivity contribution in [3.05, 3.63) is 31.9 Å². The molecule has 1 heterocycles. The van der Waals surface area contributed by atoms with Crippen LogP contribution >= 0.6 is 0 Å². The van der Waals surface area contributed by atoms with Crippen molar-refractivity contribution in [2.45, 2.75) is 19.8 Å². The van der Waals surface area contributed by atoms with Gasteiger partial charge in [-0.15, -0.1) is 0 Å². The Morgan fingerprint density at radius 1 is 1.07 bits per heavy atom. The summed E-state index contributed by atoms with van der Waals surface area (Å²) in [7, 11) is 0. The molecule has 0 radical (unpaired) electrons. The van der Waals surface area contributed by atoms with Crippen LogP contribution in [0.15, 0.2) is 6.07 Å². The van der Waals surface area contributed by atoms with E-state index in [1.807, 2.05) is 0 Å². The van der Waals surface area contributed by atoms with Crippen LogP contribution in [-0.2, 0) is 4.74 Å².